The Labute approximate surface area is 135 Å². The number of nitrogens with one attached hydrogen (secondary N) is 1. The molecule has 0 atom stereocenters. The second kappa shape index (κ2) is 7.99. The Kier molecular flexibility index (Phi) is 5.77. The van der Waals surface area contributed by atoms with E-state index in [1.165, 1.54) is 29.2 Å². The number of alkyl halides is 2. The van der Waals surface area contributed by atoms with Crippen LogP contribution in [0.2, 0.25) is 0 Å². The van der Waals surface area contributed by atoms with Crippen LogP contribution in [-0.4, -0.2) is 33.5 Å². The zero-order valence-corrected chi connectivity index (χ0v) is 12.4. The third-order valence-corrected chi connectivity index (χ3v) is 3.02. The molecule has 24 heavy (non-hydrogen) atoms. The predicted octanol–water partition coefficient (Wildman–Crippen LogP) is 1.75. The van der Waals surface area contributed by atoms with Crippen molar-refractivity contribution in [3.8, 4) is 5.75 Å². The molecule has 0 spiro atoms. The molecular weight excluding hydrogens is 326 g/mol. The first kappa shape index (κ1) is 17.3. The molecule has 2 rings (SSSR count). The van der Waals surface area contributed by atoms with Gasteiger partial charge in [0, 0.05) is 6.54 Å². The lowest BCUT2D eigenvalue weighted by atomic mass is 10.1. The van der Waals surface area contributed by atoms with Gasteiger partial charge in [-0.3, -0.25) is 4.79 Å². The van der Waals surface area contributed by atoms with E-state index in [1.54, 1.807) is 12.1 Å². The second-order valence-electron chi connectivity index (χ2n) is 4.78. The quantitative estimate of drug-likeness (QED) is 0.583. The highest BCUT2D eigenvalue weighted by Crippen LogP contribution is 2.15. The van der Waals surface area contributed by atoms with Gasteiger partial charge >= 0.3 is 12.4 Å². The number of halogens is 2. The lowest BCUT2D eigenvalue weighted by Crippen LogP contribution is -2.29. The van der Waals surface area contributed by atoms with Gasteiger partial charge in [-0.2, -0.15) is 8.78 Å². The van der Waals surface area contributed by atoms with E-state index >= 15 is 0 Å². The maximum Gasteiger partial charge on any atom is 0.387 e. The third kappa shape index (κ3) is 5.30. The van der Waals surface area contributed by atoms with Crippen molar-refractivity contribution in [2.75, 3.05) is 6.54 Å². The number of imidazole rings is 1. The first-order valence-corrected chi connectivity index (χ1v) is 6.90. The Morgan fingerprint density at radius 1 is 1.38 bits per heavy atom. The molecule has 1 heterocycles. The normalized spacial score (nSPS) is 10.6. The van der Waals surface area contributed by atoms with E-state index in [2.05, 4.69) is 15.0 Å². The largest absolute Gasteiger partial charge is 0.435 e. The summed E-state index contributed by atoms with van der Waals surface area (Å²) in [5.74, 6) is -0.576. The summed E-state index contributed by atoms with van der Waals surface area (Å²) in [5, 5.41) is 13.1. The molecule has 0 saturated carbocycles. The maximum atomic E-state index is 12.0. The molecule has 2 aromatic rings. The van der Waals surface area contributed by atoms with Crippen LogP contribution < -0.4 is 10.1 Å². The number of carbonyl (C=O) groups is 1. The molecule has 1 aromatic heterocycles. The van der Waals surface area contributed by atoms with Crippen LogP contribution in [0.1, 0.15) is 5.56 Å². The van der Waals surface area contributed by atoms with Gasteiger partial charge in [0.15, 0.2) is 0 Å². The van der Waals surface area contributed by atoms with E-state index < -0.39 is 11.5 Å². The molecule has 0 aliphatic rings. The average Bonchev–Trinajstić information content (AvgIpc) is 2.97. The number of hydrogen-bond donors (Lipinski definition) is 1. The minimum atomic E-state index is -2.87. The van der Waals surface area contributed by atoms with Crippen LogP contribution in [0.15, 0.2) is 36.8 Å². The Balaban J connectivity index is 1.74. The van der Waals surface area contributed by atoms with E-state index in [1.807, 2.05) is 0 Å². The summed E-state index contributed by atoms with van der Waals surface area (Å²) in [6, 6.07) is 6.11. The van der Waals surface area contributed by atoms with Crippen molar-refractivity contribution in [2.24, 2.45) is 0 Å². The molecule has 1 amide bonds. The number of ether oxygens (including phenoxy) is 1. The zero-order valence-electron chi connectivity index (χ0n) is 12.4. The molecule has 0 radical (unpaired) electrons. The van der Waals surface area contributed by atoms with E-state index in [0.717, 1.165) is 5.56 Å². The molecule has 1 aromatic carbocycles. The summed E-state index contributed by atoms with van der Waals surface area (Å²) >= 11 is 0. The van der Waals surface area contributed by atoms with Gasteiger partial charge in [0.25, 0.3) is 0 Å². The van der Waals surface area contributed by atoms with Crippen LogP contribution in [0.5, 0.6) is 5.75 Å². The SMILES string of the molecule is O=C(Cn1cnc([N+](=O)[O-])c1)NCCc1ccc(OC(F)F)cc1. The van der Waals surface area contributed by atoms with Crippen molar-refractivity contribution in [1.29, 1.82) is 0 Å². The number of benzene rings is 1. The van der Waals surface area contributed by atoms with Gasteiger partial charge in [0.1, 0.15) is 18.5 Å². The molecule has 0 fully saturated rings. The van der Waals surface area contributed by atoms with Crippen LogP contribution in [0, 0.1) is 10.1 Å². The predicted molar refractivity (Wildman–Crippen MR) is 78.7 cm³/mol. The highest BCUT2D eigenvalue weighted by molar-refractivity contribution is 5.75. The lowest BCUT2D eigenvalue weighted by molar-refractivity contribution is -0.389. The van der Waals surface area contributed by atoms with Crippen LogP contribution in [0.25, 0.3) is 0 Å². The molecule has 1 N–H and O–H groups in total. The standard InChI is InChI=1S/C14H14F2N4O4/c15-14(16)24-11-3-1-10(2-4-11)5-6-17-13(21)8-19-7-12(18-9-19)20(22)23/h1-4,7,9,14H,5-6,8H2,(H,17,21). The van der Waals surface area contributed by atoms with Crippen LogP contribution in [0.3, 0.4) is 0 Å². The van der Waals surface area contributed by atoms with Gasteiger partial charge in [-0.25, -0.2) is 0 Å². The van der Waals surface area contributed by atoms with Gasteiger partial charge in [-0.05, 0) is 34.0 Å². The Bertz CT molecular complexity index is 703. The molecule has 0 saturated heterocycles. The van der Waals surface area contributed by atoms with Crippen LogP contribution in [-0.2, 0) is 17.8 Å². The molecule has 8 nitrogen and oxygen atoms in total. The number of rotatable bonds is 8. The zero-order chi connectivity index (χ0) is 17.5. The third-order valence-electron chi connectivity index (χ3n) is 3.02. The second-order valence-corrected chi connectivity index (χ2v) is 4.78. The number of hydrogen-bond acceptors (Lipinski definition) is 5. The minimum Gasteiger partial charge on any atom is -0.435 e. The number of aromatic nitrogens is 2. The molecular formula is C14H14F2N4O4. The fourth-order valence-electron chi connectivity index (χ4n) is 1.93. The topological polar surface area (TPSA) is 99.3 Å². The van der Waals surface area contributed by atoms with Gasteiger partial charge in [0.05, 0.1) is 0 Å². The van der Waals surface area contributed by atoms with Gasteiger partial charge < -0.3 is 24.7 Å². The maximum absolute atomic E-state index is 12.0. The molecule has 0 unspecified atom stereocenters. The van der Waals surface area contributed by atoms with E-state index in [0.29, 0.717) is 13.0 Å². The summed E-state index contributed by atoms with van der Waals surface area (Å²) in [6.45, 7) is -2.61. The first-order valence-electron chi connectivity index (χ1n) is 6.90. The number of nitrogens with zero attached hydrogens (tertiary/aromatic N) is 3. The Hall–Kier alpha value is -3.04. The summed E-state index contributed by atoms with van der Waals surface area (Å²) in [4.78, 5) is 25.1. The monoisotopic (exact) mass is 340 g/mol. The summed E-state index contributed by atoms with van der Waals surface area (Å²) in [7, 11) is 0. The van der Waals surface area contributed by atoms with Gasteiger partial charge in [-0.1, -0.05) is 12.1 Å². The minimum absolute atomic E-state index is 0.0690. The molecule has 0 aliphatic heterocycles. The van der Waals surface area contributed by atoms with E-state index in [4.69, 9.17) is 0 Å². The summed E-state index contributed by atoms with van der Waals surface area (Å²) in [5.41, 5.74) is 0.843. The molecule has 0 bridgehead atoms. The van der Waals surface area contributed by atoms with Crippen molar-refractivity contribution >= 4 is 11.7 Å². The highest BCUT2D eigenvalue weighted by Gasteiger charge is 2.11. The van der Waals surface area contributed by atoms with Crippen molar-refractivity contribution < 1.29 is 23.2 Å². The van der Waals surface area contributed by atoms with E-state index in [-0.39, 0.29) is 24.0 Å². The summed E-state index contributed by atoms with van der Waals surface area (Å²) < 4.78 is 29.6. The number of amides is 1. The summed E-state index contributed by atoms with van der Waals surface area (Å²) in [6.07, 6.45) is 2.88. The molecule has 128 valence electrons. The van der Waals surface area contributed by atoms with Crippen molar-refractivity contribution in [1.82, 2.24) is 14.9 Å². The number of nitro groups is 1. The van der Waals surface area contributed by atoms with Gasteiger partial charge in [-0.15, -0.1) is 0 Å². The average molecular weight is 340 g/mol. The fourth-order valence-corrected chi connectivity index (χ4v) is 1.93. The van der Waals surface area contributed by atoms with Gasteiger partial charge in [0.2, 0.25) is 12.2 Å². The van der Waals surface area contributed by atoms with E-state index in [9.17, 15) is 23.7 Å². The Morgan fingerprint density at radius 3 is 2.67 bits per heavy atom. The fraction of sp³-hybridized carbons (Fsp3) is 0.286. The van der Waals surface area contributed by atoms with Crippen molar-refractivity contribution in [2.45, 2.75) is 19.6 Å². The highest BCUT2D eigenvalue weighted by atomic mass is 19.3. The molecule has 0 aliphatic carbocycles. The molecule has 10 heteroatoms. The van der Waals surface area contributed by atoms with Crippen molar-refractivity contribution in [3.63, 3.8) is 0 Å². The van der Waals surface area contributed by atoms with Crippen LogP contribution in [0.4, 0.5) is 14.6 Å². The van der Waals surface area contributed by atoms with Crippen LogP contribution >= 0.6 is 0 Å². The van der Waals surface area contributed by atoms with Crippen molar-refractivity contribution in [3.05, 3.63) is 52.5 Å². The number of carbonyl (C=O) groups excluding carboxylic acids is 1. The smallest absolute Gasteiger partial charge is 0.387 e. The lowest BCUT2D eigenvalue weighted by Gasteiger charge is -2.07. The Morgan fingerprint density at radius 2 is 2.08 bits per heavy atom. The first-order chi connectivity index (χ1) is 11.4.